The summed E-state index contributed by atoms with van der Waals surface area (Å²) < 4.78 is 2.05. The highest BCUT2D eigenvalue weighted by molar-refractivity contribution is 9.10. The van der Waals surface area contributed by atoms with Crippen LogP contribution in [0.15, 0.2) is 56.8 Å². The molecule has 1 aliphatic heterocycles. The van der Waals surface area contributed by atoms with E-state index in [0.29, 0.717) is 0 Å². The molecule has 1 aliphatic rings. The van der Waals surface area contributed by atoms with Crippen LogP contribution in [0, 0.1) is 0 Å². The van der Waals surface area contributed by atoms with Crippen molar-refractivity contribution in [2.24, 2.45) is 0 Å². The quantitative estimate of drug-likeness (QED) is 0.664. The van der Waals surface area contributed by atoms with Crippen molar-refractivity contribution in [3.8, 4) is 0 Å². The molecule has 1 N–H and O–H groups in total. The minimum Gasteiger partial charge on any atom is -0.321 e. The number of halogens is 2. The number of fused-ring (bicyclic) bond motifs is 1. The summed E-state index contributed by atoms with van der Waals surface area (Å²) in [7, 11) is 0. The molecule has 0 spiro atoms. The van der Waals surface area contributed by atoms with Crippen LogP contribution in [0.3, 0.4) is 0 Å². The van der Waals surface area contributed by atoms with Gasteiger partial charge in [0, 0.05) is 25.9 Å². The van der Waals surface area contributed by atoms with Crippen molar-refractivity contribution < 1.29 is 4.79 Å². The Kier molecular flexibility index (Phi) is 4.52. The van der Waals surface area contributed by atoms with Crippen LogP contribution in [0.25, 0.3) is 5.57 Å². The first-order valence-corrected chi connectivity index (χ1v) is 8.94. The van der Waals surface area contributed by atoms with Gasteiger partial charge in [-0.05, 0) is 41.3 Å². The molecular formula is C16H11Br2NOS. The van der Waals surface area contributed by atoms with E-state index in [-0.39, 0.29) is 5.91 Å². The standard InChI is InChI=1S/C16H11Br2NOS/c17-11-3-1-10(2-4-11)8-21-9-14-13-7-12(18)5-6-15(13)19-16(14)20/h1-7,9H,8H2,(H,19,20). The van der Waals surface area contributed by atoms with E-state index in [2.05, 4.69) is 49.3 Å². The number of anilines is 1. The summed E-state index contributed by atoms with van der Waals surface area (Å²) in [5.74, 6) is 0.805. The van der Waals surface area contributed by atoms with Crippen LogP contribution in [0.2, 0.25) is 0 Å². The number of hydrogen-bond acceptors (Lipinski definition) is 2. The Balaban J connectivity index is 1.76. The molecule has 1 heterocycles. The minimum atomic E-state index is -0.0357. The zero-order valence-electron chi connectivity index (χ0n) is 10.9. The smallest absolute Gasteiger partial charge is 0.256 e. The maximum absolute atomic E-state index is 12.0. The molecule has 0 aromatic heterocycles. The average Bonchev–Trinajstić information content (AvgIpc) is 2.77. The van der Waals surface area contributed by atoms with E-state index < -0.39 is 0 Å². The first kappa shape index (κ1) is 14.9. The molecule has 0 saturated carbocycles. The fourth-order valence-corrected chi connectivity index (χ4v) is 3.57. The fraction of sp³-hybridized carbons (Fsp3) is 0.0625. The van der Waals surface area contributed by atoms with Crippen LogP contribution in [0.5, 0.6) is 0 Å². The molecule has 0 aliphatic carbocycles. The maximum Gasteiger partial charge on any atom is 0.256 e. The van der Waals surface area contributed by atoms with Gasteiger partial charge in [-0.2, -0.15) is 0 Å². The van der Waals surface area contributed by atoms with E-state index in [1.165, 1.54) is 5.56 Å². The second kappa shape index (κ2) is 6.38. The maximum atomic E-state index is 12.0. The molecule has 0 saturated heterocycles. The van der Waals surface area contributed by atoms with Gasteiger partial charge in [-0.15, -0.1) is 11.8 Å². The number of benzene rings is 2. The van der Waals surface area contributed by atoms with E-state index >= 15 is 0 Å². The third kappa shape index (κ3) is 3.42. The van der Waals surface area contributed by atoms with Crippen molar-refractivity contribution in [2.75, 3.05) is 5.32 Å². The molecule has 3 rings (SSSR count). The van der Waals surface area contributed by atoms with Crippen molar-refractivity contribution in [3.63, 3.8) is 0 Å². The number of nitrogens with one attached hydrogen (secondary N) is 1. The lowest BCUT2D eigenvalue weighted by Crippen LogP contribution is -2.03. The monoisotopic (exact) mass is 423 g/mol. The topological polar surface area (TPSA) is 29.1 Å². The zero-order chi connectivity index (χ0) is 14.8. The Morgan fingerprint density at radius 2 is 1.76 bits per heavy atom. The van der Waals surface area contributed by atoms with Gasteiger partial charge in [-0.25, -0.2) is 0 Å². The number of hydrogen-bond donors (Lipinski definition) is 1. The van der Waals surface area contributed by atoms with Crippen LogP contribution < -0.4 is 5.32 Å². The van der Waals surface area contributed by atoms with Crippen LogP contribution in [-0.4, -0.2) is 5.91 Å². The van der Waals surface area contributed by atoms with Gasteiger partial charge in [-0.1, -0.05) is 44.0 Å². The summed E-state index contributed by atoms with van der Waals surface area (Å²) >= 11 is 8.50. The van der Waals surface area contributed by atoms with Crippen LogP contribution in [-0.2, 0) is 10.5 Å². The molecule has 21 heavy (non-hydrogen) atoms. The Labute approximate surface area is 144 Å². The predicted molar refractivity (Wildman–Crippen MR) is 96.2 cm³/mol. The van der Waals surface area contributed by atoms with E-state index in [9.17, 15) is 4.79 Å². The molecule has 5 heteroatoms. The third-order valence-corrected chi connectivity index (χ3v) is 5.05. The van der Waals surface area contributed by atoms with Gasteiger partial charge >= 0.3 is 0 Å². The molecule has 2 aromatic rings. The lowest BCUT2D eigenvalue weighted by Gasteiger charge is -2.01. The summed E-state index contributed by atoms with van der Waals surface area (Å²) in [4.78, 5) is 12.0. The normalized spacial score (nSPS) is 15.1. The SMILES string of the molecule is O=C1Nc2ccc(Br)cc2C1=CSCc1ccc(Br)cc1. The Morgan fingerprint density at radius 3 is 2.52 bits per heavy atom. The summed E-state index contributed by atoms with van der Waals surface area (Å²) in [5.41, 5.74) is 3.79. The molecule has 106 valence electrons. The number of carbonyl (C=O) groups is 1. The fourth-order valence-electron chi connectivity index (χ4n) is 2.08. The number of thioether (sulfide) groups is 1. The Bertz CT molecular complexity index is 726. The lowest BCUT2D eigenvalue weighted by molar-refractivity contribution is -0.110. The Hall–Kier alpha value is -1.04. The van der Waals surface area contributed by atoms with Gasteiger partial charge < -0.3 is 5.32 Å². The van der Waals surface area contributed by atoms with E-state index in [1.807, 2.05) is 35.7 Å². The van der Waals surface area contributed by atoms with Gasteiger partial charge in [0.15, 0.2) is 0 Å². The highest BCUT2D eigenvalue weighted by Gasteiger charge is 2.23. The summed E-state index contributed by atoms with van der Waals surface area (Å²) in [5, 5.41) is 4.82. The highest BCUT2D eigenvalue weighted by atomic mass is 79.9. The summed E-state index contributed by atoms with van der Waals surface area (Å²) in [6.07, 6.45) is 0. The molecule has 2 aromatic carbocycles. The second-order valence-electron chi connectivity index (χ2n) is 4.61. The first-order valence-electron chi connectivity index (χ1n) is 6.31. The lowest BCUT2D eigenvalue weighted by atomic mass is 10.1. The summed E-state index contributed by atoms with van der Waals surface area (Å²) in [6, 6.07) is 14.0. The number of carbonyl (C=O) groups excluding carboxylic acids is 1. The van der Waals surface area contributed by atoms with Crippen molar-refractivity contribution in [1.82, 2.24) is 0 Å². The molecule has 1 amide bonds. The van der Waals surface area contributed by atoms with Crippen LogP contribution >= 0.6 is 43.6 Å². The average molecular weight is 425 g/mol. The van der Waals surface area contributed by atoms with Gasteiger partial charge in [-0.3, -0.25) is 4.79 Å². The molecule has 2 nitrogen and oxygen atoms in total. The van der Waals surface area contributed by atoms with Crippen molar-refractivity contribution in [3.05, 3.63) is 67.9 Å². The van der Waals surface area contributed by atoms with E-state index in [4.69, 9.17) is 0 Å². The van der Waals surface area contributed by atoms with Crippen LogP contribution in [0.1, 0.15) is 11.1 Å². The minimum absolute atomic E-state index is 0.0357. The first-order chi connectivity index (χ1) is 10.1. The van der Waals surface area contributed by atoms with Gasteiger partial charge in [0.2, 0.25) is 0 Å². The van der Waals surface area contributed by atoms with Crippen molar-refractivity contribution >= 4 is 60.8 Å². The Morgan fingerprint density at radius 1 is 1.05 bits per heavy atom. The molecule has 0 bridgehead atoms. The highest BCUT2D eigenvalue weighted by Crippen LogP contribution is 2.35. The summed E-state index contributed by atoms with van der Waals surface area (Å²) in [6.45, 7) is 0. The third-order valence-electron chi connectivity index (χ3n) is 3.13. The van der Waals surface area contributed by atoms with Gasteiger partial charge in [0.05, 0.1) is 5.57 Å². The second-order valence-corrected chi connectivity index (χ2v) is 7.30. The number of rotatable bonds is 3. The molecule has 0 radical (unpaired) electrons. The molecule has 0 unspecified atom stereocenters. The molecular weight excluding hydrogens is 414 g/mol. The van der Waals surface area contributed by atoms with Crippen LogP contribution in [0.4, 0.5) is 5.69 Å². The van der Waals surface area contributed by atoms with E-state index in [0.717, 1.165) is 31.5 Å². The number of amides is 1. The largest absolute Gasteiger partial charge is 0.321 e. The van der Waals surface area contributed by atoms with Crippen molar-refractivity contribution in [2.45, 2.75) is 5.75 Å². The van der Waals surface area contributed by atoms with Gasteiger partial charge in [0.25, 0.3) is 5.91 Å². The van der Waals surface area contributed by atoms with Crippen molar-refractivity contribution in [1.29, 1.82) is 0 Å². The van der Waals surface area contributed by atoms with Gasteiger partial charge in [0.1, 0.15) is 0 Å². The predicted octanol–water partition coefficient (Wildman–Crippen LogP) is 5.44. The molecule has 0 atom stereocenters. The van der Waals surface area contributed by atoms with E-state index in [1.54, 1.807) is 11.8 Å². The molecule has 0 fully saturated rings. The zero-order valence-corrected chi connectivity index (χ0v) is 14.9.